The summed E-state index contributed by atoms with van der Waals surface area (Å²) in [6.45, 7) is 1.48. The molecular formula is C10H11ClF3N3O. The van der Waals surface area contributed by atoms with Crippen molar-refractivity contribution in [2.24, 2.45) is 0 Å². The van der Waals surface area contributed by atoms with Gasteiger partial charge in [0.1, 0.15) is 0 Å². The standard InChI is InChI=1S/C10H11ClF3N3O/c1-6(8(18)2-3-10(12,13)14)16-7-4-9(11)17-15-5-7/h4-6H,2-3H2,1H3,(H,16,17)/t6-/m1/s1. The fourth-order valence-corrected chi connectivity index (χ4v) is 1.39. The molecule has 0 saturated carbocycles. The van der Waals surface area contributed by atoms with E-state index in [1.165, 1.54) is 19.2 Å². The molecule has 0 aliphatic rings. The molecule has 0 aliphatic heterocycles. The summed E-state index contributed by atoms with van der Waals surface area (Å²) in [7, 11) is 0. The Morgan fingerprint density at radius 2 is 2.22 bits per heavy atom. The van der Waals surface area contributed by atoms with E-state index in [-0.39, 0.29) is 5.15 Å². The van der Waals surface area contributed by atoms with E-state index < -0.39 is 30.8 Å². The first-order chi connectivity index (χ1) is 8.28. The normalized spacial score (nSPS) is 13.2. The molecule has 1 aromatic heterocycles. The van der Waals surface area contributed by atoms with Gasteiger partial charge in [-0.3, -0.25) is 4.79 Å². The SMILES string of the molecule is C[C@@H](Nc1cnnc(Cl)c1)C(=O)CCC(F)(F)F. The highest BCUT2D eigenvalue weighted by Gasteiger charge is 2.28. The fraction of sp³-hybridized carbons (Fsp3) is 0.500. The van der Waals surface area contributed by atoms with Crippen molar-refractivity contribution in [1.82, 2.24) is 10.2 Å². The average Bonchev–Trinajstić information content (AvgIpc) is 2.24. The van der Waals surface area contributed by atoms with Crippen molar-refractivity contribution in [2.75, 3.05) is 5.32 Å². The predicted octanol–water partition coefficient (Wildman–Crippen LogP) is 2.84. The number of alkyl halides is 3. The molecule has 0 aliphatic carbocycles. The van der Waals surface area contributed by atoms with Crippen LogP contribution in [0.5, 0.6) is 0 Å². The second kappa shape index (κ2) is 5.99. The molecule has 4 nitrogen and oxygen atoms in total. The maximum atomic E-state index is 12.0. The first-order valence-electron chi connectivity index (χ1n) is 5.12. The van der Waals surface area contributed by atoms with Crippen LogP contribution in [-0.2, 0) is 4.79 Å². The number of hydrogen-bond acceptors (Lipinski definition) is 4. The number of halogens is 4. The third kappa shape index (κ3) is 5.31. The number of carbonyl (C=O) groups excluding carboxylic acids is 1. The van der Waals surface area contributed by atoms with Crippen molar-refractivity contribution in [2.45, 2.75) is 32.0 Å². The van der Waals surface area contributed by atoms with Gasteiger partial charge in [0.05, 0.1) is 24.3 Å². The Kier molecular flexibility index (Phi) is 4.89. The molecule has 0 saturated heterocycles. The number of nitrogens with one attached hydrogen (secondary N) is 1. The summed E-state index contributed by atoms with van der Waals surface area (Å²) < 4.78 is 35.9. The van der Waals surface area contributed by atoms with Crippen molar-refractivity contribution < 1.29 is 18.0 Å². The average molecular weight is 282 g/mol. The Morgan fingerprint density at radius 1 is 1.56 bits per heavy atom. The van der Waals surface area contributed by atoms with Crippen LogP contribution in [0.1, 0.15) is 19.8 Å². The van der Waals surface area contributed by atoms with E-state index in [1.807, 2.05) is 0 Å². The van der Waals surface area contributed by atoms with Crippen molar-refractivity contribution in [3.05, 3.63) is 17.4 Å². The number of carbonyl (C=O) groups is 1. The minimum absolute atomic E-state index is 0.134. The van der Waals surface area contributed by atoms with Gasteiger partial charge in [-0.2, -0.15) is 18.3 Å². The Bertz CT molecular complexity index is 425. The van der Waals surface area contributed by atoms with Crippen molar-refractivity contribution >= 4 is 23.1 Å². The minimum Gasteiger partial charge on any atom is -0.374 e. The number of rotatable bonds is 5. The molecule has 18 heavy (non-hydrogen) atoms. The monoisotopic (exact) mass is 281 g/mol. The van der Waals surface area contributed by atoms with Gasteiger partial charge in [0.2, 0.25) is 0 Å². The molecule has 0 amide bonds. The van der Waals surface area contributed by atoms with Gasteiger partial charge in [-0.15, -0.1) is 5.10 Å². The number of ketones is 1. The van der Waals surface area contributed by atoms with E-state index >= 15 is 0 Å². The van der Waals surface area contributed by atoms with Crippen LogP contribution >= 0.6 is 11.6 Å². The first kappa shape index (κ1) is 14.7. The number of aromatic nitrogens is 2. The Balaban J connectivity index is 2.50. The van der Waals surface area contributed by atoms with Gasteiger partial charge in [0.15, 0.2) is 10.9 Å². The molecule has 8 heteroatoms. The molecule has 0 radical (unpaired) electrons. The maximum absolute atomic E-state index is 12.0. The summed E-state index contributed by atoms with van der Waals surface area (Å²) in [5, 5.41) is 9.90. The lowest BCUT2D eigenvalue weighted by Crippen LogP contribution is -2.27. The summed E-state index contributed by atoms with van der Waals surface area (Å²) in [4.78, 5) is 11.4. The van der Waals surface area contributed by atoms with Crippen LogP contribution in [0.3, 0.4) is 0 Å². The van der Waals surface area contributed by atoms with Crippen molar-refractivity contribution in [1.29, 1.82) is 0 Å². The van der Waals surface area contributed by atoms with Gasteiger partial charge in [-0.25, -0.2) is 0 Å². The van der Waals surface area contributed by atoms with Gasteiger partial charge in [0.25, 0.3) is 0 Å². The van der Waals surface area contributed by atoms with E-state index in [2.05, 4.69) is 15.5 Å². The quantitative estimate of drug-likeness (QED) is 0.902. The summed E-state index contributed by atoms with van der Waals surface area (Å²) in [6, 6.07) is 0.690. The lowest BCUT2D eigenvalue weighted by molar-refractivity contribution is -0.143. The third-order valence-electron chi connectivity index (χ3n) is 2.15. The molecular weight excluding hydrogens is 271 g/mol. The van der Waals surface area contributed by atoms with E-state index in [1.54, 1.807) is 0 Å². The largest absolute Gasteiger partial charge is 0.389 e. The molecule has 1 N–H and O–H groups in total. The van der Waals surface area contributed by atoms with E-state index in [9.17, 15) is 18.0 Å². The van der Waals surface area contributed by atoms with Crippen LogP contribution in [0.15, 0.2) is 12.3 Å². The molecule has 0 spiro atoms. The first-order valence-corrected chi connectivity index (χ1v) is 5.50. The molecule has 1 aromatic rings. The molecule has 1 atom stereocenters. The van der Waals surface area contributed by atoms with Gasteiger partial charge in [-0.05, 0) is 6.92 Å². The van der Waals surface area contributed by atoms with E-state index in [0.717, 1.165) is 0 Å². The highest BCUT2D eigenvalue weighted by molar-refractivity contribution is 6.29. The maximum Gasteiger partial charge on any atom is 0.389 e. The molecule has 0 unspecified atom stereocenters. The highest BCUT2D eigenvalue weighted by Crippen LogP contribution is 2.22. The van der Waals surface area contributed by atoms with Gasteiger partial charge in [0, 0.05) is 12.5 Å². The smallest absolute Gasteiger partial charge is 0.374 e. The Labute approximate surface area is 107 Å². The summed E-state index contributed by atoms with van der Waals surface area (Å²) in [5.74, 6) is -0.528. The lowest BCUT2D eigenvalue weighted by atomic mass is 10.1. The molecule has 0 fully saturated rings. The summed E-state index contributed by atoms with van der Waals surface area (Å²) in [6.07, 6.45) is -4.66. The van der Waals surface area contributed by atoms with Crippen LogP contribution in [0.25, 0.3) is 0 Å². The molecule has 1 rings (SSSR count). The van der Waals surface area contributed by atoms with Crippen molar-refractivity contribution in [3.8, 4) is 0 Å². The minimum atomic E-state index is -4.32. The Morgan fingerprint density at radius 3 is 2.78 bits per heavy atom. The third-order valence-corrected chi connectivity index (χ3v) is 2.33. The second-order valence-electron chi connectivity index (χ2n) is 3.71. The number of nitrogens with zero attached hydrogens (tertiary/aromatic N) is 2. The van der Waals surface area contributed by atoms with E-state index in [0.29, 0.717) is 5.69 Å². The fourth-order valence-electron chi connectivity index (χ4n) is 1.23. The number of anilines is 1. The molecule has 0 aromatic carbocycles. The van der Waals surface area contributed by atoms with Crippen LogP contribution in [-0.4, -0.2) is 28.2 Å². The Hall–Kier alpha value is -1.37. The lowest BCUT2D eigenvalue weighted by Gasteiger charge is -2.14. The van der Waals surface area contributed by atoms with Crippen LogP contribution in [0.4, 0.5) is 18.9 Å². The molecule has 100 valence electrons. The van der Waals surface area contributed by atoms with Crippen LogP contribution in [0.2, 0.25) is 5.15 Å². The van der Waals surface area contributed by atoms with Crippen LogP contribution in [0, 0.1) is 0 Å². The zero-order chi connectivity index (χ0) is 13.8. The summed E-state index contributed by atoms with van der Waals surface area (Å²) in [5.41, 5.74) is 0.433. The van der Waals surface area contributed by atoms with Gasteiger partial charge < -0.3 is 5.32 Å². The molecule has 0 bridgehead atoms. The van der Waals surface area contributed by atoms with Gasteiger partial charge >= 0.3 is 6.18 Å². The number of Topliss-reactive ketones (excluding diaryl/α,β-unsaturated/α-hetero) is 1. The summed E-state index contributed by atoms with van der Waals surface area (Å²) >= 11 is 5.58. The van der Waals surface area contributed by atoms with Crippen molar-refractivity contribution in [3.63, 3.8) is 0 Å². The predicted molar refractivity (Wildman–Crippen MR) is 60.4 cm³/mol. The second-order valence-corrected chi connectivity index (χ2v) is 4.10. The van der Waals surface area contributed by atoms with Gasteiger partial charge in [-0.1, -0.05) is 11.6 Å². The van der Waals surface area contributed by atoms with Crippen LogP contribution < -0.4 is 5.32 Å². The zero-order valence-corrected chi connectivity index (χ0v) is 10.2. The topological polar surface area (TPSA) is 54.9 Å². The zero-order valence-electron chi connectivity index (χ0n) is 9.46. The van der Waals surface area contributed by atoms with E-state index in [4.69, 9.17) is 11.6 Å². The number of hydrogen-bond donors (Lipinski definition) is 1. The molecule has 1 heterocycles. The highest BCUT2D eigenvalue weighted by atomic mass is 35.5.